The molecule has 0 radical (unpaired) electrons. The predicted octanol–water partition coefficient (Wildman–Crippen LogP) is 2.39. The highest BCUT2D eigenvalue weighted by Crippen LogP contribution is 2.24. The van der Waals surface area contributed by atoms with Gasteiger partial charge in [0, 0.05) is 19.3 Å². The van der Waals surface area contributed by atoms with Crippen LogP contribution in [0.2, 0.25) is 0 Å². The van der Waals surface area contributed by atoms with E-state index in [4.69, 9.17) is 0 Å². The lowest BCUT2D eigenvalue weighted by atomic mass is 10.1. The van der Waals surface area contributed by atoms with Gasteiger partial charge in [-0.25, -0.2) is 0 Å². The molecule has 76 valence electrons. The zero-order valence-corrected chi connectivity index (χ0v) is 9.11. The van der Waals surface area contributed by atoms with Crippen molar-refractivity contribution in [3.05, 3.63) is 0 Å². The minimum atomic E-state index is -0.310. The summed E-state index contributed by atoms with van der Waals surface area (Å²) in [6.07, 6.45) is 6.33. The lowest BCUT2D eigenvalue weighted by molar-refractivity contribution is -0.117. The van der Waals surface area contributed by atoms with Gasteiger partial charge in [0.25, 0.3) is 0 Å². The number of carbonyl (C=O) groups is 1. The normalized spacial score (nSPS) is 27.8. The van der Waals surface area contributed by atoms with Gasteiger partial charge < -0.3 is 4.79 Å². The first-order valence-electron chi connectivity index (χ1n) is 5.08. The van der Waals surface area contributed by atoms with E-state index in [9.17, 15) is 9.35 Å². The van der Waals surface area contributed by atoms with E-state index in [1.807, 2.05) is 0 Å². The first-order valence-corrected chi connectivity index (χ1v) is 6.50. The molecular formula is C10H19O2S+. The standard InChI is InChI=1S/C10H19O2S/c1-9(11)5-2-3-6-10-7-4-8-13(10)12/h10,12H,2-8H2,1H3/q+1. The van der Waals surface area contributed by atoms with Crippen molar-refractivity contribution in [2.24, 2.45) is 0 Å². The summed E-state index contributed by atoms with van der Waals surface area (Å²) in [5.74, 6) is 1.30. The molecule has 1 aliphatic heterocycles. The highest BCUT2D eigenvalue weighted by atomic mass is 32.2. The lowest BCUT2D eigenvalue weighted by Crippen LogP contribution is -2.15. The van der Waals surface area contributed by atoms with Gasteiger partial charge in [-0.1, -0.05) is 0 Å². The van der Waals surface area contributed by atoms with Crippen LogP contribution in [-0.2, 0) is 16.0 Å². The predicted molar refractivity (Wildman–Crippen MR) is 57.0 cm³/mol. The summed E-state index contributed by atoms with van der Waals surface area (Å²) in [6.45, 7) is 1.65. The molecule has 2 atom stereocenters. The van der Waals surface area contributed by atoms with Crippen molar-refractivity contribution >= 4 is 17.0 Å². The average molecular weight is 203 g/mol. The Kier molecular flexibility index (Phi) is 4.81. The van der Waals surface area contributed by atoms with Crippen molar-refractivity contribution < 1.29 is 9.35 Å². The minimum Gasteiger partial charge on any atom is -0.300 e. The fourth-order valence-corrected chi connectivity index (χ4v) is 3.46. The topological polar surface area (TPSA) is 37.3 Å². The fourth-order valence-electron chi connectivity index (χ4n) is 1.79. The van der Waals surface area contributed by atoms with E-state index in [1.54, 1.807) is 6.92 Å². The molecule has 2 unspecified atom stereocenters. The molecule has 1 N–H and O–H groups in total. The van der Waals surface area contributed by atoms with Gasteiger partial charge in [0.15, 0.2) is 5.25 Å². The molecule has 13 heavy (non-hydrogen) atoms. The van der Waals surface area contributed by atoms with Crippen LogP contribution in [0.3, 0.4) is 0 Å². The van der Waals surface area contributed by atoms with Crippen LogP contribution in [-0.4, -0.2) is 21.3 Å². The van der Waals surface area contributed by atoms with Crippen LogP contribution in [0.1, 0.15) is 45.4 Å². The summed E-state index contributed by atoms with van der Waals surface area (Å²) in [5, 5.41) is 0.548. The lowest BCUT2D eigenvalue weighted by Gasteiger charge is -2.04. The minimum absolute atomic E-state index is 0.286. The molecular weight excluding hydrogens is 184 g/mol. The van der Waals surface area contributed by atoms with Crippen molar-refractivity contribution in [2.45, 2.75) is 50.7 Å². The third-order valence-electron chi connectivity index (χ3n) is 2.57. The largest absolute Gasteiger partial charge is 0.300 e. The molecule has 0 bridgehead atoms. The van der Waals surface area contributed by atoms with E-state index in [0.29, 0.717) is 11.7 Å². The Bertz CT molecular complexity index is 170. The second-order valence-electron chi connectivity index (χ2n) is 3.82. The van der Waals surface area contributed by atoms with Crippen LogP contribution in [0.25, 0.3) is 0 Å². The smallest absolute Gasteiger partial charge is 0.151 e. The van der Waals surface area contributed by atoms with Crippen LogP contribution < -0.4 is 0 Å². The second-order valence-corrected chi connectivity index (χ2v) is 5.69. The third-order valence-corrected chi connectivity index (χ3v) is 4.52. The van der Waals surface area contributed by atoms with Crippen LogP contribution >= 0.6 is 0 Å². The maximum Gasteiger partial charge on any atom is 0.151 e. The van der Waals surface area contributed by atoms with Crippen molar-refractivity contribution in [1.29, 1.82) is 0 Å². The number of hydrogen-bond donors (Lipinski definition) is 1. The third kappa shape index (κ3) is 4.14. The van der Waals surface area contributed by atoms with Gasteiger partial charge in [-0.05, 0) is 26.2 Å². The summed E-state index contributed by atoms with van der Waals surface area (Å²) < 4.78 is 9.56. The van der Waals surface area contributed by atoms with Crippen molar-refractivity contribution in [3.63, 3.8) is 0 Å². The molecule has 2 nitrogen and oxygen atoms in total. The number of hydrogen-bond acceptors (Lipinski definition) is 2. The Morgan fingerprint density at radius 3 is 2.85 bits per heavy atom. The summed E-state index contributed by atoms with van der Waals surface area (Å²) >= 11 is -0.310. The average Bonchev–Trinajstić information content (AvgIpc) is 2.45. The summed E-state index contributed by atoms with van der Waals surface area (Å²) in [7, 11) is 0. The SMILES string of the molecule is CC(=O)CCCCC1CCC[S+]1O. The number of ketones is 1. The maximum absolute atomic E-state index is 10.7. The zero-order valence-electron chi connectivity index (χ0n) is 8.29. The molecule has 0 spiro atoms. The number of unbranched alkanes of at least 4 members (excludes halogenated alkanes) is 1. The molecule has 1 saturated heterocycles. The number of carbonyl (C=O) groups excluding carboxylic acids is 1. The highest BCUT2D eigenvalue weighted by Gasteiger charge is 2.34. The fraction of sp³-hybridized carbons (Fsp3) is 0.900. The van der Waals surface area contributed by atoms with E-state index in [-0.39, 0.29) is 17.0 Å². The Labute approximate surface area is 83.3 Å². The van der Waals surface area contributed by atoms with E-state index >= 15 is 0 Å². The van der Waals surface area contributed by atoms with Gasteiger partial charge in [0.1, 0.15) is 22.7 Å². The molecule has 3 heteroatoms. The van der Waals surface area contributed by atoms with Gasteiger partial charge in [-0.15, -0.1) is 0 Å². The van der Waals surface area contributed by atoms with Gasteiger partial charge in [0.2, 0.25) is 0 Å². The van der Waals surface area contributed by atoms with Crippen molar-refractivity contribution in [1.82, 2.24) is 0 Å². The Morgan fingerprint density at radius 1 is 1.54 bits per heavy atom. The molecule has 0 amide bonds. The van der Waals surface area contributed by atoms with Crippen LogP contribution in [0.15, 0.2) is 0 Å². The summed E-state index contributed by atoms with van der Waals surface area (Å²) in [6, 6.07) is 0. The molecule has 0 aromatic rings. The van der Waals surface area contributed by atoms with Gasteiger partial charge >= 0.3 is 0 Å². The van der Waals surface area contributed by atoms with Crippen LogP contribution in [0.5, 0.6) is 0 Å². The van der Waals surface area contributed by atoms with E-state index in [1.165, 1.54) is 12.8 Å². The van der Waals surface area contributed by atoms with Gasteiger partial charge in [-0.2, -0.15) is 4.55 Å². The molecule has 0 aliphatic carbocycles. The number of rotatable bonds is 5. The van der Waals surface area contributed by atoms with E-state index in [0.717, 1.165) is 25.0 Å². The zero-order chi connectivity index (χ0) is 9.68. The molecule has 1 aliphatic rings. The van der Waals surface area contributed by atoms with Gasteiger partial charge in [0.05, 0.1) is 0 Å². The second kappa shape index (κ2) is 5.66. The summed E-state index contributed by atoms with van der Waals surface area (Å²) in [4.78, 5) is 10.7. The highest BCUT2D eigenvalue weighted by molar-refractivity contribution is 7.92. The first-order chi connectivity index (χ1) is 6.20. The van der Waals surface area contributed by atoms with Crippen molar-refractivity contribution in [3.8, 4) is 0 Å². The Morgan fingerprint density at radius 2 is 2.31 bits per heavy atom. The Hall–Kier alpha value is -0.0200. The molecule has 1 rings (SSSR count). The molecule has 1 fully saturated rings. The number of Topliss-reactive ketones (excluding diaryl/α,β-unsaturated/α-hetero) is 1. The molecule has 0 aromatic heterocycles. The Balaban J connectivity index is 2.02. The van der Waals surface area contributed by atoms with E-state index in [2.05, 4.69) is 0 Å². The van der Waals surface area contributed by atoms with E-state index < -0.39 is 0 Å². The van der Waals surface area contributed by atoms with Crippen LogP contribution in [0, 0.1) is 0 Å². The monoisotopic (exact) mass is 203 g/mol. The molecule has 0 saturated carbocycles. The molecule has 0 aromatic carbocycles. The molecule has 1 heterocycles. The maximum atomic E-state index is 10.7. The quantitative estimate of drug-likeness (QED) is 0.550. The van der Waals surface area contributed by atoms with Crippen molar-refractivity contribution in [2.75, 3.05) is 5.75 Å². The first kappa shape index (κ1) is 11.1. The summed E-state index contributed by atoms with van der Waals surface area (Å²) in [5.41, 5.74) is 0. The van der Waals surface area contributed by atoms with Gasteiger partial charge in [-0.3, -0.25) is 0 Å². The van der Waals surface area contributed by atoms with Crippen LogP contribution in [0.4, 0.5) is 0 Å².